The number of carbonyl (C=O) groups excluding carboxylic acids is 1. The van der Waals surface area contributed by atoms with Gasteiger partial charge in [-0.25, -0.2) is 0 Å². The van der Waals surface area contributed by atoms with Crippen molar-refractivity contribution in [2.75, 3.05) is 6.54 Å². The molecule has 2 rings (SSSR count). The minimum atomic E-state index is -3.38. The number of amides is 1. The van der Waals surface area contributed by atoms with Crippen LogP contribution in [-0.2, 0) is 16.0 Å². The smallest absolute Gasteiger partial charge is 0.327 e. The Kier molecular flexibility index (Phi) is 10.1. The van der Waals surface area contributed by atoms with Crippen LogP contribution in [-0.4, -0.2) is 51.6 Å². The van der Waals surface area contributed by atoms with Gasteiger partial charge in [-0.3, -0.25) is 9.59 Å². The van der Waals surface area contributed by atoms with Crippen LogP contribution in [0.25, 0.3) is 0 Å². The topological polar surface area (TPSA) is 77.8 Å². The Morgan fingerprint density at radius 1 is 1.13 bits per heavy atom. The molecule has 172 valence electrons. The number of aryl methyl sites for hydroxylation is 1. The first-order chi connectivity index (χ1) is 14.8. The van der Waals surface area contributed by atoms with Crippen LogP contribution in [0.5, 0.6) is 0 Å². The SMILES string of the molecule is O=C(O)CCCCCCN1C(=O)C(F)(F)C[C@@H]1/C=C/C(O)CCCCc1ccccc1. The van der Waals surface area contributed by atoms with Crippen LogP contribution in [0.2, 0.25) is 0 Å². The summed E-state index contributed by atoms with van der Waals surface area (Å²) in [6.07, 6.45) is 7.55. The largest absolute Gasteiger partial charge is 0.481 e. The molecule has 2 atom stereocenters. The summed E-state index contributed by atoms with van der Waals surface area (Å²) >= 11 is 0. The van der Waals surface area contributed by atoms with E-state index in [1.165, 1.54) is 22.6 Å². The Labute approximate surface area is 182 Å². The van der Waals surface area contributed by atoms with Crippen LogP contribution in [0.3, 0.4) is 0 Å². The van der Waals surface area contributed by atoms with Gasteiger partial charge in [0.05, 0.1) is 12.1 Å². The third-order valence-electron chi connectivity index (χ3n) is 5.59. The molecule has 7 heteroatoms. The molecular formula is C24H33F2NO4. The second-order valence-electron chi connectivity index (χ2n) is 8.22. The summed E-state index contributed by atoms with van der Waals surface area (Å²) in [5.41, 5.74) is 1.25. The van der Waals surface area contributed by atoms with E-state index >= 15 is 0 Å². The lowest BCUT2D eigenvalue weighted by molar-refractivity contribution is -0.148. The highest BCUT2D eigenvalue weighted by atomic mass is 19.3. The monoisotopic (exact) mass is 437 g/mol. The Bertz CT molecular complexity index is 724. The van der Waals surface area contributed by atoms with Crippen molar-refractivity contribution < 1.29 is 28.6 Å². The number of benzene rings is 1. The van der Waals surface area contributed by atoms with Crippen molar-refractivity contribution >= 4 is 11.9 Å². The molecule has 0 aliphatic carbocycles. The number of aliphatic hydroxyl groups excluding tert-OH is 1. The number of alkyl halides is 2. The maximum Gasteiger partial charge on any atom is 0.327 e. The highest BCUT2D eigenvalue weighted by Crippen LogP contribution is 2.34. The number of hydrogen-bond donors (Lipinski definition) is 2. The highest BCUT2D eigenvalue weighted by molar-refractivity contribution is 5.86. The number of nitrogens with zero attached hydrogens (tertiary/aromatic N) is 1. The molecule has 1 saturated heterocycles. The Morgan fingerprint density at radius 3 is 2.55 bits per heavy atom. The van der Waals surface area contributed by atoms with Gasteiger partial charge in [-0.15, -0.1) is 0 Å². The van der Waals surface area contributed by atoms with Crippen LogP contribution in [0.15, 0.2) is 42.5 Å². The number of aliphatic carboxylic acids is 1. The number of carbonyl (C=O) groups is 2. The van der Waals surface area contributed by atoms with E-state index in [2.05, 4.69) is 12.1 Å². The molecule has 1 fully saturated rings. The van der Waals surface area contributed by atoms with Gasteiger partial charge in [0, 0.05) is 19.4 Å². The first-order valence-electron chi connectivity index (χ1n) is 11.1. The fourth-order valence-electron chi connectivity index (χ4n) is 3.85. The fraction of sp³-hybridized carbons (Fsp3) is 0.583. The van der Waals surface area contributed by atoms with Gasteiger partial charge in [0.1, 0.15) is 0 Å². The summed E-state index contributed by atoms with van der Waals surface area (Å²) in [5, 5.41) is 18.8. The predicted octanol–water partition coefficient (Wildman–Crippen LogP) is 4.59. The van der Waals surface area contributed by atoms with Crippen LogP contribution < -0.4 is 0 Å². The number of aliphatic hydroxyl groups is 1. The lowest BCUT2D eigenvalue weighted by atomic mass is 10.0. The van der Waals surface area contributed by atoms with Crippen LogP contribution >= 0.6 is 0 Å². The van der Waals surface area contributed by atoms with Gasteiger partial charge >= 0.3 is 11.9 Å². The number of carboxylic acid groups (broad SMARTS) is 1. The van der Waals surface area contributed by atoms with Gasteiger partial charge in [-0.2, -0.15) is 8.78 Å². The summed E-state index contributed by atoms with van der Waals surface area (Å²) in [6.45, 7) is 0.212. The minimum Gasteiger partial charge on any atom is -0.481 e. The molecular weight excluding hydrogens is 404 g/mol. The summed E-state index contributed by atoms with van der Waals surface area (Å²) in [6, 6.07) is 9.36. The first-order valence-corrected chi connectivity index (χ1v) is 11.1. The molecule has 0 aromatic heterocycles. The molecule has 1 amide bonds. The first kappa shape index (κ1) is 25.0. The van der Waals surface area contributed by atoms with E-state index < -0.39 is 36.4 Å². The third-order valence-corrected chi connectivity index (χ3v) is 5.59. The molecule has 0 spiro atoms. The lowest BCUT2D eigenvalue weighted by Crippen LogP contribution is -2.36. The maximum atomic E-state index is 13.9. The van der Waals surface area contributed by atoms with Crippen molar-refractivity contribution in [3.05, 3.63) is 48.0 Å². The normalized spacial score (nSPS) is 19.3. The third kappa shape index (κ3) is 8.77. The summed E-state index contributed by atoms with van der Waals surface area (Å²) < 4.78 is 27.9. The van der Waals surface area contributed by atoms with E-state index in [-0.39, 0.29) is 13.0 Å². The number of carboxylic acids is 1. The number of likely N-dealkylation sites (tertiary alicyclic amines) is 1. The second-order valence-corrected chi connectivity index (χ2v) is 8.22. The van der Waals surface area contributed by atoms with Crippen molar-refractivity contribution in [1.29, 1.82) is 0 Å². The second kappa shape index (κ2) is 12.5. The lowest BCUT2D eigenvalue weighted by Gasteiger charge is -2.22. The summed E-state index contributed by atoms with van der Waals surface area (Å²) in [4.78, 5) is 23.7. The molecule has 1 heterocycles. The standard InChI is InChI=1S/C24H33F2NO4/c25-24(26)18-20(27(23(24)31)17-9-2-1-6-14-22(29)30)15-16-21(28)13-8-7-12-19-10-4-3-5-11-19/h3-5,10-11,15-16,20-21,28H,1-2,6-9,12-14,17-18H2,(H,29,30)/b16-15+/t20-,21?/m0/s1. The van der Waals surface area contributed by atoms with Gasteiger partial charge in [-0.05, 0) is 37.7 Å². The van der Waals surface area contributed by atoms with Crippen molar-refractivity contribution in [3.63, 3.8) is 0 Å². The molecule has 1 aliphatic rings. The number of hydrogen-bond acceptors (Lipinski definition) is 3. The number of unbranched alkanes of at least 4 members (excludes halogenated alkanes) is 4. The summed E-state index contributed by atoms with van der Waals surface area (Å²) in [5.74, 6) is -5.39. The van der Waals surface area contributed by atoms with Gasteiger partial charge in [-0.1, -0.05) is 61.7 Å². The maximum absolute atomic E-state index is 13.9. The van der Waals surface area contributed by atoms with Gasteiger partial charge in [0.2, 0.25) is 0 Å². The van der Waals surface area contributed by atoms with Gasteiger partial charge in [0.25, 0.3) is 5.91 Å². The molecule has 31 heavy (non-hydrogen) atoms. The van der Waals surface area contributed by atoms with E-state index in [0.717, 1.165) is 19.3 Å². The Hall–Kier alpha value is -2.28. The fourth-order valence-corrected chi connectivity index (χ4v) is 3.85. The molecule has 1 aromatic carbocycles. The predicted molar refractivity (Wildman–Crippen MR) is 115 cm³/mol. The van der Waals surface area contributed by atoms with Crippen LogP contribution in [0.1, 0.15) is 63.4 Å². The van der Waals surface area contributed by atoms with Crippen LogP contribution in [0, 0.1) is 0 Å². The average Bonchev–Trinajstić information content (AvgIpc) is 2.95. The Morgan fingerprint density at radius 2 is 1.84 bits per heavy atom. The molecule has 1 aliphatic heterocycles. The highest BCUT2D eigenvalue weighted by Gasteiger charge is 2.52. The van der Waals surface area contributed by atoms with E-state index in [1.54, 1.807) is 0 Å². The average molecular weight is 438 g/mol. The summed E-state index contributed by atoms with van der Waals surface area (Å²) in [7, 11) is 0. The molecule has 2 N–H and O–H groups in total. The zero-order valence-corrected chi connectivity index (χ0v) is 17.9. The van der Waals surface area contributed by atoms with E-state index in [0.29, 0.717) is 32.1 Å². The number of rotatable bonds is 14. The zero-order valence-electron chi connectivity index (χ0n) is 17.9. The quantitative estimate of drug-likeness (QED) is 0.330. The molecule has 1 unspecified atom stereocenters. The van der Waals surface area contributed by atoms with Crippen molar-refractivity contribution in [2.45, 2.75) is 82.3 Å². The Balaban J connectivity index is 1.74. The zero-order chi connectivity index (χ0) is 22.7. The molecule has 5 nitrogen and oxygen atoms in total. The molecule has 1 aromatic rings. The van der Waals surface area contributed by atoms with Crippen LogP contribution in [0.4, 0.5) is 8.78 Å². The van der Waals surface area contributed by atoms with Gasteiger partial charge < -0.3 is 15.1 Å². The minimum absolute atomic E-state index is 0.0926. The van der Waals surface area contributed by atoms with Crippen molar-refractivity contribution in [1.82, 2.24) is 4.90 Å². The van der Waals surface area contributed by atoms with Gasteiger partial charge in [0.15, 0.2) is 0 Å². The van der Waals surface area contributed by atoms with E-state index in [1.807, 2.05) is 18.2 Å². The van der Waals surface area contributed by atoms with Crippen molar-refractivity contribution in [2.24, 2.45) is 0 Å². The van der Waals surface area contributed by atoms with E-state index in [4.69, 9.17) is 5.11 Å². The molecule has 0 radical (unpaired) electrons. The van der Waals surface area contributed by atoms with Crippen molar-refractivity contribution in [3.8, 4) is 0 Å². The van der Waals surface area contributed by atoms with E-state index in [9.17, 15) is 23.5 Å². The number of halogens is 2. The molecule has 0 bridgehead atoms. The molecule has 0 saturated carbocycles.